The van der Waals surface area contributed by atoms with Crippen LogP contribution in [0.2, 0.25) is 0 Å². The van der Waals surface area contributed by atoms with Crippen LogP contribution in [0, 0.1) is 5.82 Å². The first-order chi connectivity index (χ1) is 16.8. The highest BCUT2D eigenvalue weighted by molar-refractivity contribution is 5.79. The molecule has 4 N–H and O–H groups in total. The quantitative estimate of drug-likeness (QED) is 0.371. The van der Waals surface area contributed by atoms with Crippen LogP contribution in [0.15, 0.2) is 66.7 Å². The minimum Gasteiger partial charge on any atom is -0.481 e. The Morgan fingerprint density at radius 3 is 2.23 bits per heavy atom. The first kappa shape index (κ1) is 24.4. The molecule has 2 atom stereocenters. The van der Waals surface area contributed by atoms with Crippen molar-refractivity contribution in [2.75, 3.05) is 13.2 Å². The van der Waals surface area contributed by atoms with Gasteiger partial charge < -0.3 is 25.4 Å². The Labute approximate surface area is 201 Å². The van der Waals surface area contributed by atoms with E-state index in [-0.39, 0.29) is 36.6 Å². The Hall–Kier alpha value is -3.75. The van der Waals surface area contributed by atoms with Crippen molar-refractivity contribution >= 4 is 12.1 Å². The third-order valence-corrected chi connectivity index (χ3v) is 6.19. The first-order valence-corrected chi connectivity index (χ1v) is 11.3. The second-order valence-electron chi connectivity index (χ2n) is 8.47. The van der Waals surface area contributed by atoms with Crippen molar-refractivity contribution in [3.8, 4) is 11.1 Å². The monoisotopic (exact) mass is 479 g/mol. The van der Waals surface area contributed by atoms with Crippen molar-refractivity contribution < 1.29 is 34.0 Å². The fraction of sp³-hybridized carbons (Fsp3) is 0.259. The summed E-state index contributed by atoms with van der Waals surface area (Å²) in [6.45, 7) is 0.144. The number of carbonyl (C=O) groups excluding carboxylic acids is 1. The van der Waals surface area contributed by atoms with Crippen molar-refractivity contribution in [3.63, 3.8) is 0 Å². The van der Waals surface area contributed by atoms with Crippen LogP contribution in [0.5, 0.6) is 0 Å². The highest BCUT2D eigenvalue weighted by Crippen LogP contribution is 2.44. The number of nitrogens with one attached hydrogen (secondary N) is 1. The third kappa shape index (κ3) is 5.50. The second-order valence-corrected chi connectivity index (χ2v) is 8.47. The van der Waals surface area contributed by atoms with E-state index in [4.69, 9.17) is 9.84 Å². The number of aliphatic hydroxyl groups is 2. The number of alkyl carbamates (subject to hydrolysis) is 1. The zero-order chi connectivity index (χ0) is 24.9. The van der Waals surface area contributed by atoms with E-state index in [0.717, 1.165) is 34.4 Å². The molecule has 3 aromatic rings. The van der Waals surface area contributed by atoms with Crippen molar-refractivity contribution in [1.82, 2.24) is 5.32 Å². The largest absolute Gasteiger partial charge is 0.481 e. The maximum Gasteiger partial charge on any atom is 0.407 e. The van der Waals surface area contributed by atoms with E-state index in [0.29, 0.717) is 0 Å². The lowest BCUT2D eigenvalue weighted by Gasteiger charge is -2.21. The summed E-state index contributed by atoms with van der Waals surface area (Å²) in [5.41, 5.74) is 4.62. The minimum atomic E-state index is -1.51. The molecule has 4 rings (SSSR count). The molecule has 1 aliphatic rings. The number of aliphatic carboxylic acids is 1. The summed E-state index contributed by atoms with van der Waals surface area (Å²) in [6, 6.07) is 19.3. The van der Waals surface area contributed by atoms with Crippen LogP contribution in [0.25, 0.3) is 11.1 Å². The van der Waals surface area contributed by atoms with Gasteiger partial charge in [0.05, 0.1) is 12.5 Å². The summed E-state index contributed by atoms with van der Waals surface area (Å²) in [6.07, 6.45) is -3.99. The van der Waals surface area contributed by atoms with Crippen LogP contribution >= 0.6 is 0 Å². The standard InChI is InChI=1S/C27H26FNO6/c28-17-10-9-16(13-25(31)32)22(14-17)26(33)24(30)11-12-29-27(34)35-15-23-20-7-3-1-5-18(20)19-6-2-4-8-21(19)23/h1-10,14,23-24,26,30,33H,11-13,15H2,(H,29,34)(H,31,32). The molecule has 7 nitrogen and oxygen atoms in total. The van der Waals surface area contributed by atoms with Gasteiger partial charge in [-0.15, -0.1) is 0 Å². The molecule has 35 heavy (non-hydrogen) atoms. The zero-order valence-electron chi connectivity index (χ0n) is 18.9. The molecule has 0 bridgehead atoms. The number of carboxylic acids is 1. The zero-order valence-corrected chi connectivity index (χ0v) is 18.9. The van der Waals surface area contributed by atoms with E-state index in [1.165, 1.54) is 6.07 Å². The molecule has 0 saturated heterocycles. The SMILES string of the molecule is O=C(O)Cc1ccc(F)cc1C(O)C(O)CCNC(=O)OCC1c2ccccc2-c2ccccc21. The van der Waals surface area contributed by atoms with E-state index < -0.39 is 36.5 Å². The molecule has 0 fully saturated rings. The predicted octanol–water partition coefficient (Wildman–Crippen LogP) is 3.78. The molecule has 3 aromatic carbocycles. The van der Waals surface area contributed by atoms with Gasteiger partial charge in [-0.05, 0) is 51.9 Å². The molecule has 2 unspecified atom stereocenters. The highest BCUT2D eigenvalue weighted by atomic mass is 19.1. The number of rotatable bonds is 9. The number of hydrogen-bond donors (Lipinski definition) is 4. The number of amides is 1. The van der Waals surface area contributed by atoms with Crippen LogP contribution in [0.4, 0.5) is 9.18 Å². The van der Waals surface area contributed by atoms with Crippen molar-refractivity contribution in [1.29, 1.82) is 0 Å². The molecule has 0 spiro atoms. The maximum absolute atomic E-state index is 13.7. The summed E-state index contributed by atoms with van der Waals surface area (Å²) in [5.74, 6) is -1.88. The van der Waals surface area contributed by atoms with Crippen molar-refractivity contribution in [2.45, 2.75) is 31.0 Å². The van der Waals surface area contributed by atoms with Gasteiger partial charge in [0.1, 0.15) is 18.5 Å². The first-order valence-electron chi connectivity index (χ1n) is 11.3. The number of benzene rings is 3. The smallest absolute Gasteiger partial charge is 0.407 e. The summed E-state index contributed by atoms with van der Waals surface area (Å²) < 4.78 is 19.1. The summed E-state index contributed by atoms with van der Waals surface area (Å²) in [4.78, 5) is 23.3. The summed E-state index contributed by atoms with van der Waals surface area (Å²) in [5, 5.41) is 32.4. The van der Waals surface area contributed by atoms with Gasteiger partial charge in [-0.2, -0.15) is 0 Å². The molecule has 182 valence electrons. The van der Waals surface area contributed by atoms with Gasteiger partial charge >= 0.3 is 12.1 Å². The lowest BCUT2D eigenvalue weighted by molar-refractivity contribution is -0.136. The Morgan fingerprint density at radius 2 is 1.60 bits per heavy atom. The van der Waals surface area contributed by atoms with Crippen molar-refractivity contribution in [2.24, 2.45) is 0 Å². The third-order valence-electron chi connectivity index (χ3n) is 6.19. The predicted molar refractivity (Wildman–Crippen MR) is 126 cm³/mol. The van der Waals surface area contributed by atoms with Crippen LogP contribution in [-0.2, 0) is 16.0 Å². The number of carboxylic acid groups (broad SMARTS) is 1. The van der Waals surface area contributed by atoms with E-state index in [1.54, 1.807) is 0 Å². The fourth-order valence-electron chi connectivity index (χ4n) is 4.50. The Morgan fingerprint density at radius 1 is 0.971 bits per heavy atom. The Kier molecular flexibility index (Phi) is 7.43. The van der Waals surface area contributed by atoms with Gasteiger partial charge in [0.25, 0.3) is 0 Å². The van der Waals surface area contributed by atoms with Gasteiger partial charge in [0.15, 0.2) is 0 Å². The minimum absolute atomic E-state index is 0.000963. The number of aliphatic hydroxyl groups excluding tert-OH is 2. The molecule has 0 saturated carbocycles. The highest BCUT2D eigenvalue weighted by Gasteiger charge is 2.29. The van der Waals surface area contributed by atoms with E-state index in [9.17, 15) is 24.2 Å². The number of ether oxygens (including phenoxy) is 1. The van der Waals surface area contributed by atoms with Gasteiger partial charge in [-0.1, -0.05) is 54.6 Å². The average Bonchev–Trinajstić information content (AvgIpc) is 3.16. The van der Waals surface area contributed by atoms with Crippen LogP contribution in [0.1, 0.15) is 40.7 Å². The molecule has 1 amide bonds. The Balaban J connectivity index is 1.30. The Bertz CT molecular complexity index is 1180. The number of halogens is 1. The van der Waals surface area contributed by atoms with E-state index >= 15 is 0 Å². The molecule has 1 aliphatic carbocycles. The number of carbonyl (C=O) groups is 2. The fourth-order valence-corrected chi connectivity index (χ4v) is 4.50. The average molecular weight is 480 g/mol. The maximum atomic E-state index is 13.7. The number of hydrogen-bond acceptors (Lipinski definition) is 5. The van der Waals surface area contributed by atoms with Gasteiger partial charge in [-0.3, -0.25) is 4.79 Å². The molecule has 0 radical (unpaired) electrons. The van der Waals surface area contributed by atoms with Crippen molar-refractivity contribution in [3.05, 3.63) is 94.8 Å². The van der Waals surface area contributed by atoms with Gasteiger partial charge in [0, 0.05) is 12.5 Å². The van der Waals surface area contributed by atoms with E-state index in [1.807, 2.05) is 48.5 Å². The van der Waals surface area contributed by atoms with Crippen LogP contribution < -0.4 is 5.32 Å². The molecule has 0 aromatic heterocycles. The van der Waals surface area contributed by atoms with Gasteiger partial charge in [-0.25, -0.2) is 9.18 Å². The molecular weight excluding hydrogens is 453 g/mol. The molecular formula is C27H26FNO6. The molecule has 0 heterocycles. The van der Waals surface area contributed by atoms with Gasteiger partial charge in [0.2, 0.25) is 0 Å². The normalized spacial score (nSPS) is 14.0. The number of fused-ring (bicyclic) bond motifs is 3. The summed E-state index contributed by atoms with van der Waals surface area (Å²) >= 11 is 0. The molecule has 0 aliphatic heterocycles. The van der Waals surface area contributed by atoms with E-state index in [2.05, 4.69) is 5.32 Å². The lowest BCUT2D eigenvalue weighted by atomic mass is 9.95. The topological polar surface area (TPSA) is 116 Å². The molecule has 8 heteroatoms. The summed E-state index contributed by atoms with van der Waals surface area (Å²) in [7, 11) is 0. The lowest BCUT2D eigenvalue weighted by Crippen LogP contribution is -2.31. The van der Waals surface area contributed by atoms with Crippen LogP contribution in [-0.4, -0.2) is 46.6 Å². The second kappa shape index (κ2) is 10.7. The van der Waals surface area contributed by atoms with Crippen LogP contribution in [0.3, 0.4) is 0 Å².